The minimum atomic E-state index is 0.913. The van der Waals surface area contributed by atoms with Gasteiger partial charge in [-0.05, 0) is 111 Å². The lowest BCUT2D eigenvalue weighted by Gasteiger charge is -2.26. The maximum atomic E-state index is 5.33. The summed E-state index contributed by atoms with van der Waals surface area (Å²) < 4.78 is 2.28. The summed E-state index contributed by atoms with van der Waals surface area (Å²) in [7, 11) is 0. The first kappa shape index (κ1) is 31.5. The number of hydrogen-bond donors (Lipinski definition) is 0. The molecule has 0 atom stereocenters. The molecule has 0 saturated heterocycles. The number of aromatic nitrogens is 2. The number of hydrogen-bond acceptors (Lipinski definition) is 2. The Labute approximate surface area is 314 Å². The van der Waals surface area contributed by atoms with Gasteiger partial charge in [-0.3, -0.25) is 4.57 Å². The van der Waals surface area contributed by atoms with E-state index in [0.29, 0.717) is 0 Å². The first-order valence-electron chi connectivity index (χ1n) is 18.4. The molecule has 0 spiro atoms. The number of rotatable bonds is 7. The zero-order valence-electron chi connectivity index (χ0n) is 29.5. The fourth-order valence-corrected chi connectivity index (χ4v) is 7.68. The van der Waals surface area contributed by atoms with Gasteiger partial charge in [-0.1, -0.05) is 140 Å². The Morgan fingerprint density at radius 3 is 1.67 bits per heavy atom. The zero-order chi connectivity index (χ0) is 35.8. The van der Waals surface area contributed by atoms with Crippen LogP contribution in [0.1, 0.15) is 0 Å². The maximum absolute atomic E-state index is 5.33. The van der Waals surface area contributed by atoms with E-state index in [0.717, 1.165) is 50.6 Å². The molecule has 254 valence electrons. The summed E-state index contributed by atoms with van der Waals surface area (Å²) in [5.74, 6) is 0.913. The van der Waals surface area contributed by atoms with Crippen LogP contribution in [0.25, 0.3) is 71.9 Å². The van der Waals surface area contributed by atoms with Crippen molar-refractivity contribution in [2.75, 3.05) is 4.90 Å². The van der Waals surface area contributed by atoms with Crippen LogP contribution in [0.15, 0.2) is 212 Å². The SMILES string of the molecule is c1ccc(-c2cccc(N(c3ccc(-c4ccc5ccccc5c4)cc3)c3ccc(-c4nc5c6ccccc6ccc5n4-c4ccccc4)cc3)c2)cc1. The van der Waals surface area contributed by atoms with Gasteiger partial charge >= 0.3 is 0 Å². The topological polar surface area (TPSA) is 21.1 Å². The highest BCUT2D eigenvalue weighted by Gasteiger charge is 2.19. The fourth-order valence-electron chi connectivity index (χ4n) is 7.68. The van der Waals surface area contributed by atoms with Crippen molar-refractivity contribution in [2.24, 2.45) is 0 Å². The van der Waals surface area contributed by atoms with Gasteiger partial charge in [0.2, 0.25) is 0 Å². The molecule has 0 bridgehead atoms. The van der Waals surface area contributed by atoms with Crippen molar-refractivity contribution in [1.29, 1.82) is 0 Å². The van der Waals surface area contributed by atoms with Gasteiger partial charge in [-0.2, -0.15) is 0 Å². The smallest absolute Gasteiger partial charge is 0.145 e. The van der Waals surface area contributed by atoms with Crippen LogP contribution in [0.5, 0.6) is 0 Å². The number of imidazole rings is 1. The minimum absolute atomic E-state index is 0.913. The molecule has 0 aliphatic rings. The summed E-state index contributed by atoms with van der Waals surface area (Å²) in [5, 5.41) is 4.83. The summed E-state index contributed by atoms with van der Waals surface area (Å²) in [6, 6.07) is 75.8. The number of para-hydroxylation sites is 1. The standard InChI is InChI=1S/C51H35N3/c1-3-12-36(13-4-1)42-17-11-20-47(35-42)53(45-29-24-38(25-30-45)43-23-22-37-14-7-8-16-41(37)34-43)46-31-26-40(27-32-46)51-52-50-48-21-10-9-15-39(48)28-33-49(50)54(51)44-18-5-2-6-19-44/h1-35H. The third-order valence-corrected chi connectivity index (χ3v) is 10.4. The van der Waals surface area contributed by atoms with Crippen molar-refractivity contribution < 1.29 is 0 Å². The van der Waals surface area contributed by atoms with Crippen LogP contribution in [0.3, 0.4) is 0 Å². The van der Waals surface area contributed by atoms with Crippen molar-refractivity contribution >= 4 is 49.6 Å². The van der Waals surface area contributed by atoms with Gasteiger partial charge in [0, 0.05) is 33.7 Å². The summed E-state index contributed by atoms with van der Waals surface area (Å²) >= 11 is 0. The second-order valence-electron chi connectivity index (χ2n) is 13.7. The van der Waals surface area contributed by atoms with E-state index in [1.54, 1.807) is 0 Å². The van der Waals surface area contributed by atoms with Gasteiger partial charge < -0.3 is 4.90 Å². The lowest BCUT2D eigenvalue weighted by Crippen LogP contribution is -2.10. The molecule has 3 heteroatoms. The summed E-state index contributed by atoms with van der Waals surface area (Å²) in [4.78, 5) is 7.67. The predicted molar refractivity (Wildman–Crippen MR) is 227 cm³/mol. The average Bonchev–Trinajstić information content (AvgIpc) is 3.65. The Kier molecular flexibility index (Phi) is 7.81. The van der Waals surface area contributed by atoms with Crippen molar-refractivity contribution in [3.63, 3.8) is 0 Å². The molecule has 0 fully saturated rings. The molecule has 1 aromatic heterocycles. The molecule has 0 aliphatic heterocycles. The molecule has 0 N–H and O–H groups in total. The predicted octanol–water partition coefficient (Wildman–Crippen LogP) is 13.8. The van der Waals surface area contributed by atoms with E-state index in [1.807, 2.05) is 0 Å². The molecule has 0 radical (unpaired) electrons. The molecule has 10 rings (SSSR count). The Morgan fingerprint density at radius 2 is 0.907 bits per heavy atom. The van der Waals surface area contributed by atoms with Crippen LogP contribution in [0.2, 0.25) is 0 Å². The van der Waals surface area contributed by atoms with Crippen LogP contribution in [-0.4, -0.2) is 9.55 Å². The maximum Gasteiger partial charge on any atom is 0.145 e. The van der Waals surface area contributed by atoms with E-state index in [2.05, 4.69) is 222 Å². The van der Waals surface area contributed by atoms with Crippen LogP contribution in [0, 0.1) is 0 Å². The minimum Gasteiger partial charge on any atom is -0.310 e. The number of nitrogens with zero attached hydrogens (tertiary/aromatic N) is 3. The van der Waals surface area contributed by atoms with Crippen molar-refractivity contribution in [3.05, 3.63) is 212 Å². The Hall–Kier alpha value is -7.23. The summed E-state index contributed by atoms with van der Waals surface area (Å²) in [6.07, 6.45) is 0. The lowest BCUT2D eigenvalue weighted by molar-refractivity contribution is 1.10. The van der Waals surface area contributed by atoms with Crippen LogP contribution in [-0.2, 0) is 0 Å². The highest BCUT2D eigenvalue weighted by Crippen LogP contribution is 2.39. The van der Waals surface area contributed by atoms with E-state index >= 15 is 0 Å². The largest absolute Gasteiger partial charge is 0.310 e. The first-order valence-corrected chi connectivity index (χ1v) is 18.4. The normalized spacial score (nSPS) is 11.3. The van der Waals surface area contributed by atoms with Gasteiger partial charge in [-0.25, -0.2) is 4.98 Å². The second-order valence-corrected chi connectivity index (χ2v) is 13.7. The molecule has 0 amide bonds. The second kappa shape index (κ2) is 13.4. The van der Waals surface area contributed by atoms with Crippen LogP contribution >= 0.6 is 0 Å². The van der Waals surface area contributed by atoms with Gasteiger partial charge in [0.25, 0.3) is 0 Å². The highest BCUT2D eigenvalue weighted by molar-refractivity contribution is 6.06. The molecule has 0 unspecified atom stereocenters. The van der Waals surface area contributed by atoms with Gasteiger partial charge in [-0.15, -0.1) is 0 Å². The van der Waals surface area contributed by atoms with Gasteiger partial charge in [0.05, 0.1) is 11.0 Å². The molecule has 0 aliphatic carbocycles. The zero-order valence-corrected chi connectivity index (χ0v) is 29.5. The van der Waals surface area contributed by atoms with E-state index in [1.165, 1.54) is 38.4 Å². The summed E-state index contributed by atoms with van der Waals surface area (Å²) in [6.45, 7) is 0. The Balaban J connectivity index is 1.09. The van der Waals surface area contributed by atoms with Gasteiger partial charge in [0.15, 0.2) is 0 Å². The number of anilines is 3. The van der Waals surface area contributed by atoms with E-state index < -0.39 is 0 Å². The Morgan fingerprint density at radius 1 is 0.352 bits per heavy atom. The van der Waals surface area contributed by atoms with Crippen LogP contribution in [0.4, 0.5) is 17.1 Å². The van der Waals surface area contributed by atoms with E-state index in [-0.39, 0.29) is 0 Å². The van der Waals surface area contributed by atoms with Crippen molar-refractivity contribution in [2.45, 2.75) is 0 Å². The highest BCUT2D eigenvalue weighted by atomic mass is 15.1. The molecule has 54 heavy (non-hydrogen) atoms. The van der Waals surface area contributed by atoms with Crippen molar-refractivity contribution in [1.82, 2.24) is 9.55 Å². The molecule has 10 aromatic rings. The van der Waals surface area contributed by atoms with Crippen molar-refractivity contribution in [3.8, 4) is 39.3 Å². The monoisotopic (exact) mass is 689 g/mol. The quantitative estimate of drug-likeness (QED) is 0.166. The third-order valence-electron chi connectivity index (χ3n) is 10.4. The number of benzene rings is 9. The van der Waals surface area contributed by atoms with E-state index in [4.69, 9.17) is 4.98 Å². The number of fused-ring (bicyclic) bond motifs is 4. The van der Waals surface area contributed by atoms with Crippen LogP contribution < -0.4 is 4.90 Å². The Bertz CT molecular complexity index is 2910. The average molecular weight is 690 g/mol. The fraction of sp³-hybridized carbons (Fsp3) is 0. The summed E-state index contributed by atoms with van der Waals surface area (Å²) in [5.41, 5.74) is 12.2. The molecule has 0 saturated carbocycles. The third kappa shape index (κ3) is 5.69. The first-order chi connectivity index (χ1) is 26.8. The molecular formula is C51H35N3. The van der Waals surface area contributed by atoms with E-state index in [9.17, 15) is 0 Å². The van der Waals surface area contributed by atoms with Gasteiger partial charge in [0.1, 0.15) is 5.82 Å². The molecule has 9 aromatic carbocycles. The molecule has 1 heterocycles. The molecule has 3 nitrogen and oxygen atoms in total. The lowest BCUT2D eigenvalue weighted by atomic mass is 10.0. The molecular weight excluding hydrogens is 655 g/mol.